The molecule has 0 aliphatic rings. The van der Waals surface area contributed by atoms with Crippen molar-refractivity contribution in [2.24, 2.45) is 0 Å². The van der Waals surface area contributed by atoms with Crippen LogP contribution in [-0.4, -0.2) is 20.9 Å². The number of rotatable bonds is 2. The van der Waals surface area contributed by atoms with Crippen LogP contribution in [0.4, 0.5) is 5.69 Å². The van der Waals surface area contributed by atoms with Crippen LogP contribution in [0.3, 0.4) is 0 Å². The average molecular weight is 268 g/mol. The third kappa shape index (κ3) is 2.18. The highest BCUT2D eigenvalue weighted by Crippen LogP contribution is 2.20. The molecule has 100 valence electrons. The quantitative estimate of drug-likeness (QED) is 0.662. The van der Waals surface area contributed by atoms with E-state index in [4.69, 9.17) is 0 Å². The van der Waals surface area contributed by atoms with Gasteiger partial charge in [-0.3, -0.25) is 9.78 Å². The molecule has 0 aliphatic carbocycles. The first-order chi connectivity index (χ1) is 9.63. The first-order valence-corrected chi connectivity index (χ1v) is 6.07. The molecular formula is C14H12N4O2. The molecule has 3 N–H and O–H groups in total. The molecule has 0 saturated heterocycles. The van der Waals surface area contributed by atoms with Gasteiger partial charge in [0.2, 0.25) is 0 Å². The summed E-state index contributed by atoms with van der Waals surface area (Å²) < 4.78 is 0. The Morgan fingerprint density at radius 1 is 1.25 bits per heavy atom. The Bertz CT molecular complexity index is 833. The largest absolute Gasteiger partial charge is 0.323 e. The summed E-state index contributed by atoms with van der Waals surface area (Å²) in [6, 6.07) is 6.94. The summed E-state index contributed by atoms with van der Waals surface area (Å²) in [4.78, 5) is 32.6. The van der Waals surface area contributed by atoms with Gasteiger partial charge in [0.15, 0.2) is 0 Å². The number of aromatic nitrogens is 3. The number of anilines is 1. The number of amides is 1. The van der Waals surface area contributed by atoms with Crippen LogP contribution in [0.5, 0.6) is 0 Å². The molecule has 0 radical (unpaired) electrons. The highest BCUT2D eigenvalue weighted by Gasteiger charge is 2.09. The molecule has 0 saturated carbocycles. The van der Waals surface area contributed by atoms with Crippen LogP contribution in [0.1, 0.15) is 15.9 Å². The second-order valence-corrected chi connectivity index (χ2v) is 4.49. The summed E-state index contributed by atoms with van der Waals surface area (Å²) in [5, 5.41) is 2.81. The van der Waals surface area contributed by atoms with E-state index >= 15 is 0 Å². The van der Waals surface area contributed by atoms with Crippen LogP contribution >= 0.6 is 0 Å². The van der Waals surface area contributed by atoms with E-state index < -0.39 is 0 Å². The average Bonchev–Trinajstić information content (AvgIpc) is 2.79. The summed E-state index contributed by atoms with van der Waals surface area (Å²) in [6.45, 7) is 1.86. The third-order valence-corrected chi connectivity index (χ3v) is 3.03. The summed E-state index contributed by atoms with van der Waals surface area (Å²) >= 11 is 0. The minimum atomic E-state index is -0.268. The molecule has 1 aromatic carbocycles. The number of nitrogens with one attached hydrogen (secondary N) is 3. The number of nitrogens with zero attached hydrogens (tertiary/aromatic N) is 1. The fourth-order valence-electron chi connectivity index (χ4n) is 2.02. The monoisotopic (exact) mass is 268 g/mol. The highest BCUT2D eigenvalue weighted by molar-refractivity contribution is 6.05. The molecule has 2 aromatic heterocycles. The zero-order valence-electron chi connectivity index (χ0n) is 10.7. The SMILES string of the molecule is Cc1cc2[nH]c(=O)[nH]c2cc1NC(=O)c1cccnc1. The van der Waals surface area contributed by atoms with Gasteiger partial charge in [0.1, 0.15) is 0 Å². The number of carbonyl (C=O) groups is 1. The molecule has 3 aromatic rings. The van der Waals surface area contributed by atoms with Gasteiger partial charge in [-0.25, -0.2) is 4.79 Å². The van der Waals surface area contributed by atoms with Gasteiger partial charge in [-0.15, -0.1) is 0 Å². The Kier molecular flexibility index (Phi) is 2.83. The predicted octanol–water partition coefficient (Wildman–Crippen LogP) is 1.81. The summed E-state index contributed by atoms with van der Waals surface area (Å²) in [6.07, 6.45) is 3.11. The van der Waals surface area contributed by atoms with E-state index in [0.29, 0.717) is 22.3 Å². The van der Waals surface area contributed by atoms with Gasteiger partial charge in [0, 0.05) is 18.1 Å². The maximum absolute atomic E-state index is 12.1. The Morgan fingerprint density at radius 3 is 2.70 bits per heavy atom. The molecular weight excluding hydrogens is 256 g/mol. The van der Waals surface area contributed by atoms with Crippen molar-refractivity contribution in [2.75, 3.05) is 5.32 Å². The molecule has 6 nitrogen and oxygen atoms in total. The first kappa shape index (κ1) is 12.2. The predicted molar refractivity (Wildman–Crippen MR) is 75.8 cm³/mol. The lowest BCUT2D eigenvalue weighted by atomic mass is 10.1. The van der Waals surface area contributed by atoms with Crippen molar-refractivity contribution in [2.45, 2.75) is 6.92 Å². The number of benzene rings is 1. The summed E-state index contributed by atoms with van der Waals surface area (Å²) in [7, 11) is 0. The number of aromatic amines is 2. The van der Waals surface area contributed by atoms with Gasteiger partial charge in [-0.2, -0.15) is 0 Å². The second-order valence-electron chi connectivity index (χ2n) is 4.49. The molecule has 6 heteroatoms. The van der Waals surface area contributed by atoms with Crippen molar-refractivity contribution in [1.82, 2.24) is 15.0 Å². The Hall–Kier alpha value is -2.89. The van der Waals surface area contributed by atoms with Gasteiger partial charge in [0.05, 0.1) is 16.6 Å². The number of hydrogen-bond acceptors (Lipinski definition) is 3. The molecule has 2 heterocycles. The summed E-state index contributed by atoms with van der Waals surface area (Å²) in [5.74, 6) is -0.238. The topological polar surface area (TPSA) is 90.6 Å². The van der Waals surface area contributed by atoms with Gasteiger partial charge in [-0.05, 0) is 36.8 Å². The van der Waals surface area contributed by atoms with Crippen LogP contribution in [0, 0.1) is 6.92 Å². The van der Waals surface area contributed by atoms with Gasteiger partial charge < -0.3 is 15.3 Å². The number of carbonyl (C=O) groups excluding carboxylic acids is 1. The minimum Gasteiger partial charge on any atom is -0.322 e. The standard InChI is InChI=1S/C14H12N4O2/c1-8-5-11-12(18-14(20)17-11)6-10(8)16-13(19)9-3-2-4-15-7-9/h2-7H,1H3,(H,16,19)(H2,17,18,20). The zero-order valence-corrected chi connectivity index (χ0v) is 10.7. The van der Waals surface area contributed by atoms with Crippen molar-refractivity contribution >= 4 is 22.6 Å². The number of imidazole rings is 1. The van der Waals surface area contributed by atoms with E-state index in [1.54, 1.807) is 24.4 Å². The molecule has 20 heavy (non-hydrogen) atoms. The smallest absolute Gasteiger partial charge is 0.322 e. The van der Waals surface area contributed by atoms with Crippen molar-refractivity contribution in [3.8, 4) is 0 Å². The van der Waals surface area contributed by atoms with E-state index in [1.807, 2.05) is 13.0 Å². The van der Waals surface area contributed by atoms with E-state index in [9.17, 15) is 9.59 Å². The molecule has 0 fully saturated rings. The van der Waals surface area contributed by atoms with E-state index in [-0.39, 0.29) is 11.6 Å². The van der Waals surface area contributed by atoms with E-state index in [1.165, 1.54) is 6.20 Å². The number of fused-ring (bicyclic) bond motifs is 1. The first-order valence-electron chi connectivity index (χ1n) is 6.07. The van der Waals surface area contributed by atoms with E-state index in [2.05, 4.69) is 20.3 Å². The number of hydrogen-bond donors (Lipinski definition) is 3. The number of pyridine rings is 1. The molecule has 0 aliphatic heterocycles. The molecule has 3 rings (SSSR count). The Balaban J connectivity index is 1.96. The normalized spacial score (nSPS) is 10.7. The molecule has 0 unspecified atom stereocenters. The fraction of sp³-hybridized carbons (Fsp3) is 0.0714. The van der Waals surface area contributed by atoms with Crippen molar-refractivity contribution in [1.29, 1.82) is 0 Å². The lowest BCUT2D eigenvalue weighted by molar-refractivity contribution is 0.102. The Labute approximate surface area is 113 Å². The molecule has 1 amide bonds. The molecule has 0 bridgehead atoms. The fourth-order valence-corrected chi connectivity index (χ4v) is 2.02. The lowest BCUT2D eigenvalue weighted by Crippen LogP contribution is -2.12. The summed E-state index contributed by atoms with van der Waals surface area (Å²) in [5.41, 5.74) is 3.10. The van der Waals surface area contributed by atoms with Crippen LogP contribution in [0.2, 0.25) is 0 Å². The maximum Gasteiger partial charge on any atom is 0.323 e. The van der Waals surface area contributed by atoms with Crippen molar-refractivity contribution in [3.05, 3.63) is 58.3 Å². The van der Waals surface area contributed by atoms with Crippen molar-refractivity contribution in [3.63, 3.8) is 0 Å². The van der Waals surface area contributed by atoms with Crippen LogP contribution in [0.25, 0.3) is 11.0 Å². The number of H-pyrrole nitrogens is 2. The zero-order chi connectivity index (χ0) is 14.1. The Morgan fingerprint density at radius 2 is 2.00 bits per heavy atom. The van der Waals surface area contributed by atoms with Gasteiger partial charge in [0.25, 0.3) is 5.91 Å². The molecule has 0 spiro atoms. The molecule has 0 atom stereocenters. The van der Waals surface area contributed by atoms with Gasteiger partial charge >= 0.3 is 5.69 Å². The van der Waals surface area contributed by atoms with Gasteiger partial charge in [-0.1, -0.05) is 0 Å². The third-order valence-electron chi connectivity index (χ3n) is 3.03. The van der Waals surface area contributed by atoms with E-state index in [0.717, 1.165) is 5.56 Å². The second kappa shape index (κ2) is 4.65. The van der Waals surface area contributed by atoms with Crippen LogP contribution < -0.4 is 11.0 Å². The van der Waals surface area contributed by atoms with Crippen molar-refractivity contribution < 1.29 is 4.79 Å². The number of aryl methyl sites for hydroxylation is 1. The van der Waals surface area contributed by atoms with Crippen LogP contribution in [0.15, 0.2) is 41.5 Å². The highest BCUT2D eigenvalue weighted by atomic mass is 16.2. The lowest BCUT2D eigenvalue weighted by Gasteiger charge is -2.08. The minimum absolute atomic E-state index is 0.238. The maximum atomic E-state index is 12.1. The van der Waals surface area contributed by atoms with Crippen LogP contribution in [-0.2, 0) is 0 Å².